The van der Waals surface area contributed by atoms with E-state index in [9.17, 15) is 17.6 Å². The van der Waals surface area contributed by atoms with E-state index in [0.717, 1.165) is 5.52 Å². The zero-order chi connectivity index (χ0) is 15.0. The summed E-state index contributed by atoms with van der Waals surface area (Å²) in [6.45, 7) is -0.438. The van der Waals surface area contributed by atoms with Crippen LogP contribution in [0.1, 0.15) is 5.56 Å². The van der Waals surface area contributed by atoms with Crippen molar-refractivity contribution in [2.45, 2.75) is 6.54 Å². The fourth-order valence-corrected chi connectivity index (χ4v) is 1.99. The Balaban J connectivity index is 1.88. The lowest BCUT2D eigenvalue weighted by molar-refractivity contribution is 0.441. The highest BCUT2D eigenvalue weighted by molar-refractivity contribution is 5.77. The van der Waals surface area contributed by atoms with Crippen LogP contribution in [-0.2, 0) is 6.54 Å². The molecule has 7 heteroatoms. The standard InChI is InChI=1S/C14H9F4N3/c15-8-5-9(16)13(18)7(12(8)17)6-19-14-20-10-3-1-2-4-11(10)21-14/h1-5H,6H2,(H2,19,20,21). The Labute approximate surface area is 116 Å². The summed E-state index contributed by atoms with van der Waals surface area (Å²) in [6, 6.07) is 7.28. The number of benzene rings is 2. The Bertz CT molecular complexity index is 754. The number of H-pyrrole nitrogens is 1. The van der Waals surface area contributed by atoms with Gasteiger partial charge in [-0.1, -0.05) is 12.1 Å². The molecule has 3 aromatic rings. The van der Waals surface area contributed by atoms with Crippen LogP contribution in [0.15, 0.2) is 30.3 Å². The summed E-state index contributed by atoms with van der Waals surface area (Å²) in [5, 5.41) is 2.61. The molecule has 0 saturated carbocycles. The van der Waals surface area contributed by atoms with Crippen molar-refractivity contribution < 1.29 is 17.6 Å². The van der Waals surface area contributed by atoms with E-state index in [2.05, 4.69) is 15.3 Å². The van der Waals surface area contributed by atoms with Crippen molar-refractivity contribution in [3.63, 3.8) is 0 Å². The van der Waals surface area contributed by atoms with Crippen LogP contribution < -0.4 is 5.32 Å². The molecule has 0 spiro atoms. The second-order valence-corrected chi connectivity index (χ2v) is 4.40. The van der Waals surface area contributed by atoms with Gasteiger partial charge in [0.2, 0.25) is 5.95 Å². The van der Waals surface area contributed by atoms with Crippen LogP contribution in [0.2, 0.25) is 0 Å². The van der Waals surface area contributed by atoms with Crippen LogP contribution in [0.4, 0.5) is 23.5 Å². The van der Waals surface area contributed by atoms with Crippen molar-refractivity contribution in [2.24, 2.45) is 0 Å². The highest BCUT2D eigenvalue weighted by Crippen LogP contribution is 2.21. The smallest absolute Gasteiger partial charge is 0.201 e. The Morgan fingerprint density at radius 1 is 1.00 bits per heavy atom. The van der Waals surface area contributed by atoms with E-state index < -0.39 is 35.4 Å². The summed E-state index contributed by atoms with van der Waals surface area (Å²) in [6.07, 6.45) is 0. The fourth-order valence-electron chi connectivity index (χ4n) is 1.99. The number of nitrogens with one attached hydrogen (secondary N) is 2. The van der Waals surface area contributed by atoms with Gasteiger partial charge in [0, 0.05) is 18.2 Å². The molecule has 0 atom stereocenters. The Morgan fingerprint density at radius 2 is 1.67 bits per heavy atom. The number of aromatic nitrogens is 2. The maximum absolute atomic E-state index is 13.5. The molecule has 0 saturated heterocycles. The zero-order valence-electron chi connectivity index (χ0n) is 10.6. The molecular weight excluding hydrogens is 286 g/mol. The Morgan fingerprint density at radius 3 is 2.33 bits per heavy atom. The van der Waals surface area contributed by atoms with Gasteiger partial charge in [-0.05, 0) is 12.1 Å². The summed E-state index contributed by atoms with van der Waals surface area (Å²) in [4.78, 5) is 7.01. The Kier molecular flexibility index (Phi) is 3.25. The van der Waals surface area contributed by atoms with Crippen molar-refractivity contribution in [3.8, 4) is 0 Å². The largest absolute Gasteiger partial charge is 0.351 e. The summed E-state index contributed by atoms with van der Waals surface area (Å²) in [5.41, 5.74) is 0.672. The predicted octanol–water partition coefficient (Wildman–Crippen LogP) is 3.73. The van der Waals surface area contributed by atoms with Crippen molar-refractivity contribution in [2.75, 3.05) is 5.32 Å². The first-order chi connectivity index (χ1) is 10.1. The van der Waals surface area contributed by atoms with E-state index in [1.807, 2.05) is 0 Å². The number of anilines is 1. The number of nitrogens with zero attached hydrogens (tertiary/aromatic N) is 1. The molecule has 21 heavy (non-hydrogen) atoms. The number of imidazole rings is 1. The zero-order valence-corrected chi connectivity index (χ0v) is 10.6. The van der Waals surface area contributed by atoms with Crippen molar-refractivity contribution in [1.82, 2.24) is 9.97 Å². The van der Waals surface area contributed by atoms with E-state index in [1.165, 1.54) is 0 Å². The third kappa shape index (κ3) is 2.42. The van der Waals surface area contributed by atoms with E-state index >= 15 is 0 Å². The van der Waals surface area contributed by atoms with Gasteiger partial charge in [0.1, 0.15) is 0 Å². The van der Waals surface area contributed by atoms with E-state index in [4.69, 9.17) is 0 Å². The number of rotatable bonds is 3. The van der Waals surface area contributed by atoms with Crippen LogP contribution in [-0.4, -0.2) is 9.97 Å². The monoisotopic (exact) mass is 295 g/mol. The van der Waals surface area contributed by atoms with Gasteiger partial charge in [-0.2, -0.15) is 0 Å². The molecule has 2 aromatic carbocycles. The van der Waals surface area contributed by atoms with Crippen molar-refractivity contribution in [1.29, 1.82) is 0 Å². The van der Waals surface area contributed by atoms with Gasteiger partial charge < -0.3 is 10.3 Å². The maximum Gasteiger partial charge on any atom is 0.201 e. The second kappa shape index (κ2) is 5.08. The van der Waals surface area contributed by atoms with Gasteiger partial charge in [-0.15, -0.1) is 0 Å². The maximum atomic E-state index is 13.5. The molecule has 0 radical (unpaired) electrons. The summed E-state index contributed by atoms with van der Waals surface area (Å²) >= 11 is 0. The van der Waals surface area contributed by atoms with Crippen LogP contribution in [0.3, 0.4) is 0 Å². The van der Waals surface area contributed by atoms with Crippen molar-refractivity contribution >= 4 is 17.0 Å². The fraction of sp³-hybridized carbons (Fsp3) is 0.0714. The first kappa shape index (κ1) is 13.4. The average Bonchev–Trinajstić information content (AvgIpc) is 2.88. The summed E-state index contributed by atoms with van der Waals surface area (Å²) in [5.74, 6) is -5.46. The molecule has 108 valence electrons. The molecule has 0 fully saturated rings. The predicted molar refractivity (Wildman–Crippen MR) is 69.7 cm³/mol. The van der Waals surface area contributed by atoms with E-state index in [0.29, 0.717) is 5.52 Å². The molecule has 3 rings (SSSR count). The molecule has 0 aliphatic rings. The lowest BCUT2D eigenvalue weighted by atomic mass is 10.2. The number of halogens is 4. The van der Waals surface area contributed by atoms with Crippen LogP contribution in [0.25, 0.3) is 11.0 Å². The minimum atomic E-state index is -1.43. The van der Waals surface area contributed by atoms with Crippen LogP contribution in [0.5, 0.6) is 0 Å². The molecule has 0 amide bonds. The number of fused-ring (bicyclic) bond motifs is 1. The first-order valence-electron chi connectivity index (χ1n) is 6.06. The first-order valence-corrected chi connectivity index (χ1v) is 6.06. The molecule has 0 bridgehead atoms. The molecule has 0 aliphatic carbocycles. The molecule has 3 nitrogen and oxygen atoms in total. The molecule has 1 aromatic heterocycles. The third-order valence-corrected chi connectivity index (χ3v) is 3.02. The molecule has 0 aliphatic heterocycles. The SMILES string of the molecule is Fc1cc(F)c(F)c(CNc2nc3ccccc3[nH]2)c1F. The van der Waals surface area contributed by atoms with Gasteiger partial charge >= 0.3 is 0 Å². The summed E-state index contributed by atoms with van der Waals surface area (Å²) < 4.78 is 53.2. The van der Waals surface area contributed by atoms with Gasteiger partial charge in [-0.3, -0.25) is 0 Å². The van der Waals surface area contributed by atoms with Crippen molar-refractivity contribution in [3.05, 3.63) is 59.2 Å². The topological polar surface area (TPSA) is 40.7 Å². The van der Waals surface area contributed by atoms with Gasteiger partial charge in [0.25, 0.3) is 0 Å². The van der Waals surface area contributed by atoms with Crippen LogP contribution in [0, 0.1) is 23.3 Å². The third-order valence-electron chi connectivity index (χ3n) is 3.02. The molecule has 1 heterocycles. The lowest BCUT2D eigenvalue weighted by Crippen LogP contribution is -2.09. The van der Waals surface area contributed by atoms with Gasteiger partial charge in [0.15, 0.2) is 23.3 Å². The molecule has 2 N–H and O–H groups in total. The normalized spacial score (nSPS) is 11.0. The minimum absolute atomic E-state index is 0.176. The van der Waals surface area contributed by atoms with E-state index in [1.54, 1.807) is 24.3 Å². The number of aromatic amines is 1. The van der Waals surface area contributed by atoms with Gasteiger partial charge in [-0.25, -0.2) is 22.5 Å². The highest BCUT2D eigenvalue weighted by Gasteiger charge is 2.19. The average molecular weight is 295 g/mol. The number of hydrogen-bond acceptors (Lipinski definition) is 2. The lowest BCUT2D eigenvalue weighted by Gasteiger charge is -2.07. The molecular formula is C14H9F4N3. The number of para-hydroxylation sites is 2. The quantitative estimate of drug-likeness (QED) is 0.571. The van der Waals surface area contributed by atoms with E-state index in [-0.39, 0.29) is 12.0 Å². The number of hydrogen-bond donors (Lipinski definition) is 2. The summed E-state index contributed by atoms with van der Waals surface area (Å²) in [7, 11) is 0. The van der Waals surface area contributed by atoms with Crippen LogP contribution >= 0.6 is 0 Å². The second-order valence-electron chi connectivity index (χ2n) is 4.40. The Hall–Kier alpha value is -2.57. The minimum Gasteiger partial charge on any atom is -0.351 e. The molecule has 0 unspecified atom stereocenters. The highest BCUT2D eigenvalue weighted by atomic mass is 19.2. The van der Waals surface area contributed by atoms with Gasteiger partial charge in [0.05, 0.1) is 11.0 Å².